The number of aliphatic hydroxyl groups excluding tert-OH is 1. The Morgan fingerprint density at radius 3 is 2.46 bits per heavy atom. The average Bonchev–Trinajstić information content (AvgIpc) is 2.02. The predicted molar refractivity (Wildman–Crippen MR) is 44.4 cm³/mol. The number of nitrogens with one attached hydrogen (secondary N) is 1. The van der Waals surface area contributed by atoms with Crippen molar-refractivity contribution >= 4 is 0 Å². The molecule has 0 amide bonds. The van der Waals surface area contributed by atoms with E-state index in [2.05, 4.69) is 11.9 Å². The van der Waals surface area contributed by atoms with Crippen LogP contribution in [0.25, 0.3) is 0 Å². The maximum absolute atomic E-state index is 11.7. The molecule has 2 N–H and O–H groups in total. The van der Waals surface area contributed by atoms with Crippen LogP contribution in [0.2, 0.25) is 0 Å². The Kier molecular flexibility index (Phi) is 5.02. The zero-order chi connectivity index (χ0) is 10.5. The van der Waals surface area contributed by atoms with Crippen LogP contribution >= 0.6 is 0 Å². The molecule has 0 aromatic carbocycles. The summed E-state index contributed by atoms with van der Waals surface area (Å²) < 4.78 is 35.2. The number of hydrogen-bond donors (Lipinski definition) is 2. The van der Waals surface area contributed by atoms with Crippen LogP contribution in [-0.2, 0) is 0 Å². The lowest BCUT2D eigenvalue weighted by molar-refractivity contribution is -0.201. The third-order valence-electron chi connectivity index (χ3n) is 1.59. The van der Waals surface area contributed by atoms with Crippen molar-refractivity contribution in [2.24, 2.45) is 0 Å². The molecule has 78 valence electrons. The first-order valence-corrected chi connectivity index (χ1v) is 4.00. The quantitative estimate of drug-likeness (QED) is 0.654. The molecule has 0 aromatic heterocycles. The highest BCUT2D eigenvalue weighted by Crippen LogP contribution is 2.19. The zero-order valence-electron chi connectivity index (χ0n) is 7.49. The van der Waals surface area contributed by atoms with Crippen LogP contribution in [0.3, 0.4) is 0 Å². The van der Waals surface area contributed by atoms with Crippen LogP contribution in [0, 0.1) is 0 Å². The first-order valence-electron chi connectivity index (χ1n) is 4.00. The maximum atomic E-state index is 11.7. The van der Waals surface area contributed by atoms with Gasteiger partial charge in [0.15, 0.2) is 6.10 Å². The van der Waals surface area contributed by atoms with Crippen LogP contribution in [0.5, 0.6) is 0 Å². The number of halogens is 3. The molecular formula is C8H14F3NO. The van der Waals surface area contributed by atoms with Gasteiger partial charge in [0.25, 0.3) is 0 Å². The third kappa shape index (κ3) is 5.65. The summed E-state index contributed by atoms with van der Waals surface area (Å²) in [7, 11) is 0. The van der Waals surface area contributed by atoms with E-state index < -0.39 is 18.8 Å². The Labute approximate surface area is 75.4 Å². The molecule has 0 aliphatic carbocycles. The van der Waals surface area contributed by atoms with Crippen molar-refractivity contribution in [2.45, 2.75) is 25.6 Å². The lowest BCUT2D eigenvalue weighted by Crippen LogP contribution is -2.38. The Hall–Kier alpha value is -0.550. The second-order valence-electron chi connectivity index (χ2n) is 2.79. The highest BCUT2D eigenvalue weighted by Gasteiger charge is 2.37. The van der Waals surface area contributed by atoms with E-state index in [0.29, 0.717) is 6.54 Å². The molecule has 1 unspecified atom stereocenters. The molecule has 0 spiro atoms. The summed E-state index contributed by atoms with van der Waals surface area (Å²) in [6.07, 6.45) is -6.12. The topological polar surface area (TPSA) is 32.3 Å². The van der Waals surface area contributed by atoms with E-state index >= 15 is 0 Å². The summed E-state index contributed by atoms with van der Waals surface area (Å²) in [5.74, 6) is 0. The number of alkyl halides is 3. The van der Waals surface area contributed by atoms with Crippen molar-refractivity contribution in [1.82, 2.24) is 5.32 Å². The van der Waals surface area contributed by atoms with E-state index in [1.165, 1.54) is 0 Å². The van der Waals surface area contributed by atoms with Gasteiger partial charge in [-0.15, -0.1) is 0 Å². The molecule has 0 saturated carbocycles. The average molecular weight is 197 g/mol. The molecule has 13 heavy (non-hydrogen) atoms. The SMILES string of the molecule is C=C(CC)CNCC(O)C(F)(F)F. The van der Waals surface area contributed by atoms with Crippen molar-refractivity contribution in [3.05, 3.63) is 12.2 Å². The number of aliphatic hydroxyl groups is 1. The fraction of sp³-hybridized carbons (Fsp3) is 0.750. The number of rotatable bonds is 5. The molecule has 5 heteroatoms. The van der Waals surface area contributed by atoms with Gasteiger partial charge in [0.2, 0.25) is 0 Å². The molecule has 0 fully saturated rings. The van der Waals surface area contributed by atoms with E-state index in [9.17, 15) is 13.2 Å². The zero-order valence-corrected chi connectivity index (χ0v) is 7.49. The van der Waals surface area contributed by atoms with Gasteiger partial charge in [-0.3, -0.25) is 0 Å². The van der Waals surface area contributed by atoms with E-state index in [-0.39, 0.29) is 0 Å². The monoisotopic (exact) mass is 197 g/mol. The van der Waals surface area contributed by atoms with Gasteiger partial charge in [-0.1, -0.05) is 19.1 Å². The fourth-order valence-electron chi connectivity index (χ4n) is 0.626. The largest absolute Gasteiger partial charge is 0.415 e. The van der Waals surface area contributed by atoms with Gasteiger partial charge in [-0.2, -0.15) is 13.2 Å². The van der Waals surface area contributed by atoms with Crippen LogP contribution in [0.15, 0.2) is 12.2 Å². The van der Waals surface area contributed by atoms with Crippen molar-refractivity contribution in [2.75, 3.05) is 13.1 Å². The van der Waals surface area contributed by atoms with Gasteiger partial charge in [-0.25, -0.2) is 0 Å². The highest BCUT2D eigenvalue weighted by molar-refractivity contribution is 4.95. The molecule has 0 radical (unpaired) electrons. The van der Waals surface area contributed by atoms with Gasteiger partial charge >= 0.3 is 6.18 Å². The smallest absolute Gasteiger partial charge is 0.382 e. The van der Waals surface area contributed by atoms with Crippen LogP contribution in [-0.4, -0.2) is 30.5 Å². The van der Waals surface area contributed by atoms with Gasteiger partial charge in [0, 0.05) is 13.1 Å². The molecule has 0 rings (SSSR count). The van der Waals surface area contributed by atoms with Crippen molar-refractivity contribution in [3.63, 3.8) is 0 Å². The normalized spacial score (nSPS) is 14.2. The third-order valence-corrected chi connectivity index (χ3v) is 1.59. The van der Waals surface area contributed by atoms with Crippen molar-refractivity contribution in [1.29, 1.82) is 0 Å². The summed E-state index contributed by atoms with van der Waals surface area (Å²) in [4.78, 5) is 0. The second kappa shape index (κ2) is 5.24. The summed E-state index contributed by atoms with van der Waals surface area (Å²) in [6, 6.07) is 0. The van der Waals surface area contributed by atoms with Gasteiger partial charge in [0.05, 0.1) is 0 Å². The minimum Gasteiger partial charge on any atom is -0.382 e. The minimum atomic E-state index is -4.54. The molecule has 2 nitrogen and oxygen atoms in total. The van der Waals surface area contributed by atoms with Crippen LogP contribution in [0.4, 0.5) is 13.2 Å². The molecule has 1 atom stereocenters. The van der Waals surface area contributed by atoms with Gasteiger partial charge in [0.1, 0.15) is 0 Å². The lowest BCUT2D eigenvalue weighted by Gasteiger charge is -2.15. The lowest BCUT2D eigenvalue weighted by atomic mass is 10.2. The van der Waals surface area contributed by atoms with Gasteiger partial charge < -0.3 is 10.4 Å². The van der Waals surface area contributed by atoms with E-state index in [4.69, 9.17) is 5.11 Å². The standard InChI is InChI=1S/C8H14F3NO/c1-3-6(2)4-12-5-7(13)8(9,10)11/h7,12-13H,2-5H2,1H3. The summed E-state index contributed by atoms with van der Waals surface area (Å²) in [6.45, 7) is 5.30. The van der Waals surface area contributed by atoms with E-state index in [0.717, 1.165) is 12.0 Å². The first-order chi connectivity index (χ1) is 5.88. The van der Waals surface area contributed by atoms with E-state index in [1.54, 1.807) is 0 Å². The molecule has 0 heterocycles. The highest BCUT2D eigenvalue weighted by atomic mass is 19.4. The maximum Gasteiger partial charge on any atom is 0.415 e. The Morgan fingerprint density at radius 1 is 1.54 bits per heavy atom. The van der Waals surface area contributed by atoms with Crippen molar-refractivity contribution in [3.8, 4) is 0 Å². The molecule has 0 aliphatic heterocycles. The Morgan fingerprint density at radius 2 is 2.08 bits per heavy atom. The summed E-state index contributed by atoms with van der Waals surface area (Å²) in [5, 5.41) is 11.0. The van der Waals surface area contributed by atoms with Crippen molar-refractivity contribution < 1.29 is 18.3 Å². The molecule has 0 aliphatic rings. The molecule has 0 bridgehead atoms. The number of hydrogen-bond acceptors (Lipinski definition) is 2. The molecule has 0 aromatic rings. The van der Waals surface area contributed by atoms with Gasteiger partial charge in [-0.05, 0) is 6.42 Å². The molecular weight excluding hydrogens is 183 g/mol. The van der Waals surface area contributed by atoms with Crippen LogP contribution in [0.1, 0.15) is 13.3 Å². The summed E-state index contributed by atoms with van der Waals surface area (Å²) >= 11 is 0. The van der Waals surface area contributed by atoms with Crippen LogP contribution < -0.4 is 5.32 Å². The molecule has 0 saturated heterocycles. The minimum absolute atomic E-state index is 0.309. The summed E-state index contributed by atoms with van der Waals surface area (Å²) in [5.41, 5.74) is 0.814. The van der Waals surface area contributed by atoms with E-state index in [1.807, 2.05) is 6.92 Å². The Bertz CT molecular complexity index is 167. The Balaban J connectivity index is 3.60. The second-order valence-corrected chi connectivity index (χ2v) is 2.79. The predicted octanol–water partition coefficient (Wildman–Crippen LogP) is 1.47. The fourth-order valence-corrected chi connectivity index (χ4v) is 0.626. The first kappa shape index (κ1) is 12.4.